The predicted molar refractivity (Wildman–Crippen MR) is 113 cm³/mol. The minimum absolute atomic E-state index is 0.148. The number of nitrogens with one attached hydrogen (secondary N) is 1. The van der Waals surface area contributed by atoms with Gasteiger partial charge in [-0.15, -0.1) is 0 Å². The summed E-state index contributed by atoms with van der Waals surface area (Å²) in [6, 6.07) is 16.7. The molecule has 3 aromatic rings. The van der Waals surface area contributed by atoms with Crippen molar-refractivity contribution < 1.29 is 15.0 Å². The minimum Gasteiger partial charge on any atom is -0.504 e. The Labute approximate surface area is 170 Å². The first-order valence-corrected chi connectivity index (χ1v) is 9.79. The summed E-state index contributed by atoms with van der Waals surface area (Å²) in [5.74, 6) is 0.393. The highest BCUT2D eigenvalue weighted by molar-refractivity contribution is 6.01. The second kappa shape index (κ2) is 7.24. The Hall–Kier alpha value is -3.34. The molecule has 5 nitrogen and oxygen atoms in total. The molecule has 1 fully saturated rings. The maximum Gasteiger partial charge on any atom is 0.236 e. The number of carbonyl (C=O) groups is 1. The Morgan fingerprint density at radius 3 is 2.41 bits per heavy atom. The van der Waals surface area contributed by atoms with Crippen LogP contribution in [0.1, 0.15) is 43.7 Å². The monoisotopic (exact) mass is 388 g/mol. The van der Waals surface area contributed by atoms with Crippen LogP contribution in [0.5, 0.6) is 11.5 Å². The van der Waals surface area contributed by atoms with Crippen molar-refractivity contribution in [2.45, 2.75) is 38.0 Å². The molecular formula is C24H24N2O3. The molecule has 2 aromatic carbocycles. The quantitative estimate of drug-likeness (QED) is 0.540. The van der Waals surface area contributed by atoms with Crippen molar-refractivity contribution in [2.75, 3.05) is 5.32 Å². The Morgan fingerprint density at radius 1 is 1.00 bits per heavy atom. The number of amides is 1. The van der Waals surface area contributed by atoms with Gasteiger partial charge in [-0.3, -0.25) is 4.79 Å². The van der Waals surface area contributed by atoms with Gasteiger partial charge in [-0.2, -0.15) is 0 Å². The van der Waals surface area contributed by atoms with Crippen LogP contribution in [0, 0.1) is 0 Å². The lowest BCUT2D eigenvalue weighted by atomic mass is 9.94. The van der Waals surface area contributed by atoms with Crippen LogP contribution in [0.15, 0.2) is 60.8 Å². The number of nitrogens with zero attached hydrogens (tertiary/aromatic N) is 1. The second-order valence-corrected chi connectivity index (χ2v) is 7.95. The number of phenols is 2. The van der Waals surface area contributed by atoms with E-state index in [0.29, 0.717) is 30.1 Å². The number of pyridine rings is 1. The van der Waals surface area contributed by atoms with Gasteiger partial charge in [-0.05, 0) is 59.7 Å². The fraction of sp³-hybridized carbons (Fsp3) is 0.250. The van der Waals surface area contributed by atoms with E-state index >= 15 is 0 Å². The van der Waals surface area contributed by atoms with Gasteiger partial charge < -0.3 is 15.5 Å². The number of hydrogen-bond acceptors (Lipinski definition) is 4. The standard InChI is InChI=1S/C24H24N2O3/c1-15(2)16-4-3-5-17(12-16)18-6-9-22(25-14-18)26-23(29)24(10-11-24)19-7-8-20(27)21(28)13-19/h3-9,12-15,27-28H,10-11H2,1-2H3,(H,25,26,29). The van der Waals surface area contributed by atoms with Crippen LogP contribution in [-0.4, -0.2) is 21.1 Å². The van der Waals surface area contributed by atoms with Crippen LogP contribution in [0.3, 0.4) is 0 Å². The molecule has 0 saturated heterocycles. The van der Waals surface area contributed by atoms with Crippen LogP contribution in [0.2, 0.25) is 0 Å². The lowest BCUT2D eigenvalue weighted by Crippen LogP contribution is -2.28. The second-order valence-electron chi connectivity index (χ2n) is 7.95. The summed E-state index contributed by atoms with van der Waals surface area (Å²) in [6.07, 6.45) is 3.16. The van der Waals surface area contributed by atoms with Crippen LogP contribution in [0.25, 0.3) is 11.1 Å². The first-order valence-electron chi connectivity index (χ1n) is 9.79. The molecule has 0 aliphatic heterocycles. The molecule has 0 atom stereocenters. The van der Waals surface area contributed by atoms with Crippen molar-refractivity contribution in [2.24, 2.45) is 0 Å². The Morgan fingerprint density at radius 2 is 1.79 bits per heavy atom. The first-order chi connectivity index (χ1) is 13.9. The molecule has 1 saturated carbocycles. The molecule has 148 valence electrons. The highest BCUT2D eigenvalue weighted by Gasteiger charge is 2.51. The van der Waals surface area contributed by atoms with Crippen molar-refractivity contribution in [1.82, 2.24) is 4.98 Å². The Bertz CT molecular complexity index is 1050. The maximum atomic E-state index is 12.9. The number of carbonyl (C=O) groups excluding carboxylic acids is 1. The van der Waals surface area contributed by atoms with Crippen molar-refractivity contribution in [3.63, 3.8) is 0 Å². The van der Waals surface area contributed by atoms with Gasteiger partial charge >= 0.3 is 0 Å². The molecule has 1 aliphatic carbocycles. The van der Waals surface area contributed by atoms with Crippen molar-refractivity contribution in [1.29, 1.82) is 0 Å². The van der Waals surface area contributed by atoms with Crippen LogP contribution < -0.4 is 5.32 Å². The van der Waals surface area contributed by atoms with Gasteiger partial charge in [0, 0.05) is 11.8 Å². The normalized spacial score (nSPS) is 14.6. The van der Waals surface area contributed by atoms with E-state index in [1.165, 1.54) is 17.7 Å². The van der Waals surface area contributed by atoms with Gasteiger partial charge in [-0.25, -0.2) is 4.98 Å². The summed E-state index contributed by atoms with van der Waals surface area (Å²) in [7, 11) is 0. The molecule has 1 aromatic heterocycles. The molecule has 0 spiro atoms. The van der Waals surface area contributed by atoms with Crippen molar-refractivity contribution in [3.05, 3.63) is 71.9 Å². The van der Waals surface area contributed by atoms with E-state index in [2.05, 4.69) is 42.3 Å². The van der Waals surface area contributed by atoms with E-state index in [1.807, 2.05) is 12.1 Å². The van der Waals surface area contributed by atoms with Gasteiger partial charge in [0.05, 0.1) is 5.41 Å². The average molecular weight is 388 g/mol. The lowest BCUT2D eigenvalue weighted by Gasteiger charge is -2.16. The maximum absolute atomic E-state index is 12.9. The molecule has 1 heterocycles. The molecule has 3 N–H and O–H groups in total. The summed E-state index contributed by atoms with van der Waals surface area (Å²) in [4.78, 5) is 17.3. The number of hydrogen-bond donors (Lipinski definition) is 3. The van der Waals surface area contributed by atoms with E-state index < -0.39 is 5.41 Å². The van der Waals surface area contributed by atoms with Crippen molar-refractivity contribution in [3.8, 4) is 22.6 Å². The fourth-order valence-corrected chi connectivity index (χ4v) is 3.54. The SMILES string of the molecule is CC(C)c1cccc(-c2ccc(NC(=O)C3(c4ccc(O)c(O)c4)CC3)nc2)c1. The van der Waals surface area contributed by atoms with Gasteiger partial charge in [0.2, 0.25) is 5.91 Å². The third-order valence-electron chi connectivity index (χ3n) is 5.60. The summed E-state index contributed by atoms with van der Waals surface area (Å²) in [6.45, 7) is 4.33. The highest BCUT2D eigenvalue weighted by Crippen LogP contribution is 2.50. The highest BCUT2D eigenvalue weighted by atomic mass is 16.3. The number of phenolic OH excluding ortho intramolecular Hbond substituents is 2. The predicted octanol–water partition coefficient (Wildman–Crippen LogP) is 4.95. The number of rotatable bonds is 5. The van der Waals surface area contributed by atoms with Gasteiger partial charge in [-0.1, -0.05) is 44.2 Å². The van der Waals surface area contributed by atoms with Crippen molar-refractivity contribution >= 4 is 11.7 Å². The van der Waals surface area contributed by atoms with E-state index in [4.69, 9.17) is 0 Å². The molecule has 1 aliphatic rings. The molecule has 0 unspecified atom stereocenters. The van der Waals surface area contributed by atoms with Gasteiger partial charge in [0.25, 0.3) is 0 Å². The Kier molecular flexibility index (Phi) is 4.74. The smallest absolute Gasteiger partial charge is 0.236 e. The summed E-state index contributed by atoms with van der Waals surface area (Å²) in [5.41, 5.74) is 3.40. The van der Waals surface area contributed by atoms with Crippen LogP contribution in [-0.2, 0) is 10.2 Å². The Balaban J connectivity index is 1.51. The number of benzene rings is 2. The molecule has 1 amide bonds. The first kappa shape index (κ1) is 19.0. The van der Waals surface area contributed by atoms with Gasteiger partial charge in [0.1, 0.15) is 5.82 Å². The zero-order chi connectivity index (χ0) is 20.6. The third-order valence-corrected chi connectivity index (χ3v) is 5.60. The fourth-order valence-electron chi connectivity index (χ4n) is 3.54. The zero-order valence-corrected chi connectivity index (χ0v) is 16.5. The molecule has 5 heteroatoms. The van der Waals surface area contributed by atoms with Gasteiger partial charge in [0.15, 0.2) is 11.5 Å². The van der Waals surface area contributed by atoms with E-state index in [0.717, 1.165) is 11.1 Å². The minimum atomic E-state index is -0.670. The topological polar surface area (TPSA) is 82.5 Å². The summed E-state index contributed by atoms with van der Waals surface area (Å²) in [5, 5.41) is 22.2. The number of aromatic nitrogens is 1. The molecule has 29 heavy (non-hydrogen) atoms. The largest absolute Gasteiger partial charge is 0.504 e. The molecular weight excluding hydrogens is 364 g/mol. The van der Waals surface area contributed by atoms with E-state index in [9.17, 15) is 15.0 Å². The molecule has 4 rings (SSSR count). The third kappa shape index (κ3) is 3.68. The van der Waals surface area contributed by atoms with E-state index in [1.54, 1.807) is 18.3 Å². The summed E-state index contributed by atoms with van der Waals surface area (Å²) >= 11 is 0. The van der Waals surface area contributed by atoms with Crippen LogP contribution in [0.4, 0.5) is 5.82 Å². The zero-order valence-electron chi connectivity index (χ0n) is 16.5. The number of anilines is 1. The summed E-state index contributed by atoms with van der Waals surface area (Å²) < 4.78 is 0. The van der Waals surface area contributed by atoms with Crippen LogP contribution >= 0.6 is 0 Å². The number of aromatic hydroxyl groups is 2. The average Bonchev–Trinajstić information content (AvgIpc) is 3.53. The molecule has 0 radical (unpaired) electrons. The van der Waals surface area contributed by atoms with E-state index in [-0.39, 0.29) is 17.4 Å². The molecule has 0 bridgehead atoms. The lowest BCUT2D eigenvalue weighted by molar-refractivity contribution is -0.118.